The maximum Gasteiger partial charge on any atom is 0.303 e. The summed E-state index contributed by atoms with van der Waals surface area (Å²) in [5.74, 6) is -0.793. The van der Waals surface area contributed by atoms with Crippen LogP contribution in [0.5, 0.6) is 0 Å². The van der Waals surface area contributed by atoms with Crippen LogP contribution in [0.1, 0.15) is 19.3 Å². The molecule has 10 heavy (non-hydrogen) atoms. The van der Waals surface area contributed by atoms with Crippen LogP contribution in [-0.2, 0) is 4.79 Å². The highest BCUT2D eigenvalue weighted by molar-refractivity contribution is 6.55. The molecule has 4 heteroatoms. The number of carbonyl (C=O) groups is 1. The third-order valence-corrected chi connectivity index (χ3v) is 1.20. The van der Waals surface area contributed by atoms with Crippen molar-refractivity contribution in [2.24, 2.45) is 0 Å². The number of rotatable bonds is 4. The van der Waals surface area contributed by atoms with E-state index in [1.165, 1.54) is 0 Å². The van der Waals surface area contributed by atoms with Crippen molar-refractivity contribution < 1.29 is 9.90 Å². The molecule has 0 aliphatic carbocycles. The number of unbranched alkanes of at least 4 members (excludes halogenated alkanes) is 1. The number of halogens is 2. The number of hydrogen-bond donors (Lipinski definition) is 1. The summed E-state index contributed by atoms with van der Waals surface area (Å²) in [6.07, 6.45) is 2.95. The summed E-state index contributed by atoms with van der Waals surface area (Å²) in [4.78, 5) is 9.96. The van der Waals surface area contributed by atoms with Gasteiger partial charge in [-0.1, -0.05) is 29.3 Å². The van der Waals surface area contributed by atoms with E-state index in [1.807, 2.05) is 0 Å². The predicted molar refractivity (Wildman–Crippen MR) is 41.3 cm³/mol. The average molecular weight is 183 g/mol. The van der Waals surface area contributed by atoms with E-state index in [0.29, 0.717) is 12.8 Å². The average Bonchev–Trinajstić information content (AvgIpc) is 1.79. The maximum atomic E-state index is 9.96. The van der Waals surface area contributed by atoms with Crippen LogP contribution in [-0.4, -0.2) is 11.1 Å². The van der Waals surface area contributed by atoms with Gasteiger partial charge in [-0.25, -0.2) is 0 Å². The maximum absolute atomic E-state index is 9.96. The molecule has 0 aliphatic heterocycles. The van der Waals surface area contributed by atoms with Gasteiger partial charge in [-0.05, 0) is 12.8 Å². The van der Waals surface area contributed by atoms with Crippen molar-refractivity contribution in [3.8, 4) is 0 Å². The lowest BCUT2D eigenvalue weighted by atomic mass is 10.2. The Balaban J connectivity index is 3.21. The fourth-order valence-corrected chi connectivity index (χ4v) is 0.683. The second-order valence-electron chi connectivity index (χ2n) is 1.78. The van der Waals surface area contributed by atoms with Gasteiger partial charge in [0.25, 0.3) is 0 Å². The molecule has 0 spiro atoms. The van der Waals surface area contributed by atoms with Crippen LogP contribution in [0.15, 0.2) is 10.6 Å². The molecule has 0 atom stereocenters. The first kappa shape index (κ1) is 9.79. The summed E-state index contributed by atoms with van der Waals surface area (Å²) in [5, 5.41) is 8.19. The van der Waals surface area contributed by atoms with Crippen molar-refractivity contribution >= 4 is 29.2 Å². The molecular formula is C6H8Cl2O2. The van der Waals surface area contributed by atoms with Crippen LogP contribution in [0.3, 0.4) is 0 Å². The van der Waals surface area contributed by atoms with Crippen molar-refractivity contribution in [2.45, 2.75) is 19.3 Å². The van der Waals surface area contributed by atoms with Crippen molar-refractivity contribution in [1.29, 1.82) is 0 Å². The van der Waals surface area contributed by atoms with E-state index in [4.69, 9.17) is 28.3 Å². The normalized spacial score (nSPS) is 9.00. The Kier molecular flexibility index (Phi) is 5.45. The summed E-state index contributed by atoms with van der Waals surface area (Å²) < 4.78 is 0.199. The number of aliphatic carboxylic acids is 1. The van der Waals surface area contributed by atoms with Gasteiger partial charge in [-0.3, -0.25) is 4.79 Å². The van der Waals surface area contributed by atoms with Gasteiger partial charge in [-0.15, -0.1) is 0 Å². The fraction of sp³-hybridized carbons (Fsp3) is 0.500. The van der Waals surface area contributed by atoms with E-state index in [-0.39, 0.29) is 10.9 Å². The zero-order chi connectivity index (χ0) is 7.98. The van der Waals surface area contributed by atoms with Gasteiger partial charge < -0.3 is 5.11 Å². The summed E-state index contributed by atoms with van der Waals surface area (Å²) >= 11 is 10.5. The lowest BCUT2D eigenvalue weighted by Gasteiger charge is -1.89. The van der Waals surface area contributed by atoms with Crippen LogP contribution in [0.4, 0.5) is 0 Å². The van der Waals surface area contributed by atoms with Crippen LogP contribution in [0.2, 0.25) is 0 Å². The fourth-order valence-electron chi connectivity index (χ4n) is 0.464. The molecule has 2 nitrogen and oxygen atoms in total. The van der Waals surface area contributed by atoms with E-state index in [9.17, 15) is 4.79 Å². The van der Waals surface area contributed by atoms with Gasteiger partial charge in [-0.2, -0.15) is 0 Å². The van der Waals surface area contributed by atoms with Crippen LogP contribution in [0.25, 0.3) is 0 Å². The summed E-state index contributed by atoms with van der Waals surface area (Å²) in [6.45, 7) is 0. The second-order valence-corrected chi connectivity index (χ2v) is 2.79. The third kappa shape index (κ3) is 7.79. The van der Waals surface area contributed by atoms with E-state index in [0.717, 1.165) is 0 Å². The summed E-state index contributed by atoms with van der Waals surface area (Å²) in [6, 6.07) is 0. The molecule has 0 bridgehead atoms. The number of carboxylic acid groups (broad SMARTS) is 1. The molecule has 0 fully saturated rings. The molecule has 58 valence electrons. The van der Waals surface area contributed by atoms with Crippen molar-refractivity contribution in [2.75, 3.05) is 0 Å². The van der Waals surface area contributed by atoms with Crippen LogP contribution >= 0.6 is 23.2 Å². The minimum Gasteiger partial charge on any atom is -0.481 e. The molecule has 1 N–H and O–H groups in total. The van der Waals surface area contributed by atoms with E-state index in [1.54, 1.807) is 6.08 Å². The smallest absolute Gasteiger partial charge is 0.303 e. The molecule has 0 heterocycles. The lowest BCUT2D eigenvalue weighted by molar-refractivity contribution is -0.137. The highest BCUT2D eigenvalue weighted by Crippen LogP contribution is 2.09. The minimum absolute atomic E-state index is 0.164. The molecule has 0 aromatic carbocycles. The van der Waals surface area contributed by atoms with E-state index in [2.05, 4.69) is 0 Å². The molecule has 0 amide bonds. The molecule has 0 unspecified atom stereocenters. The van der Waals surface area contributed by atoms with Crippen molar-refractivity contribution in [3.63, 3.8) is 0 Å². The zero-order valence-electron chi connectivity index (χ0n) is 5.31. The summed E-state index contributed by atoms with van der Waals surface area (Å²) in [5.41, 5.74) is 0. The molecular weight excluding hydrogens is 175 g/mol. The Hall–Kier alpha value is -0.210. The van der Waals surface area contributed by atoms with Crippen LogP contribution < -0.4 is 0 Å². The Bertz CT molecular complexity index is 139. The standard InChI is InChI=1S/C6H8Cl2O2/c7-5(8)3-1-2-4-6(9)10/h3H,1-2,4H2,(H,9,10). The van der Waals surface area contributed by atoms with E-state index >= 15 is 0 Å². The molecule has 0 aliphatic rings. The molecule has 0 aromatic rings. The van der Waals surface area contributed by atoms with Crippen LogP contribution in [0, 0.1) is 0 Å². The molecule has 0 rings (SSSR count). The highest BCUT2D eigenvalue weighted by atomic mass is 35.5. The number of allylic oxidation sites excluding steroid dienone is 1. The Labute approximate surface area is 69.4 Å². The Morgan fingerprint density at radius 1 is 1.50 bits per heavy atom. The Morgan fingerprint density at radius 2 is 2.10 bits per heavy atom. The molecule has 0 aromatic heterocycles. The van der Waals surface area contributed by atoms with Crippen molar-refractivity contribution in [3.05, 3.63) is 10.6 Å². The monoisotopic (exact) mass is 182 g/mol. The molecule has 0 saturated heterocycles. The van der Waals surface area contributed by atoms with Gasteiger partial charge in [0, 0.05) is 6.42 Å². The largest absolute Gasteiger partial charge is 0.481 e. The lowest BCUT2D eigenvalue weighted by Crippen LogP contribution is -1.92. The van der Waals surface area contributed by atoms with Gasteiger partial charge in [0.1, 0.15) is 4.49 Å². The summed E-state index contributed by atoms with van der Waals surface area (Å²) in [7, 11) is 0. The molecule has 0 saturated carbocycles. The molecule has 0 radical (unpaired) electrons. The zero-order valence-corrected chi connectivity index (χ0v) is 6.82. The van der Waals surface area contributed by atoms with Gasteiger partial charge in [0.15, 0.2) is 0 Å². The van der Waals surface area contributed by atoms with E-state index < -0.39 is 5.97 Å². The second kappa shape index (κ2) is 5.57. The minimum atomic E-state index is -0.793. The highest BCUT2D eigenvalue weighted by Gasteiger charge is 1.93. The van der Waals surface area contributed by atoms with Crippen molar-refractivity contribution in [1.82, 2.24) is 0 Å². The van der Waals surface area contributed by atoms with Gasteiger partial charge in [0.2, 0.25) is 0 Å². The number of hydrogen-bond acceptors (Lipinski definition) is 1. The SMILES string of the molecule is O=C(O)CCCC=C(Cl)Cl. The predicted octanol–water partition coefficient (Wildman–Crippen LogP) is 2.56. The quantitative estimate of drug-likeness (QED) is 0.680. The number of carboxylic acids is 1. The first-order chi connectivity index (χ1) is 4.63. The Morgan fingerprint density at radius 3 is 2.50 bits per heavy atom. The van der Waals surface area contributed by atoms with Gasteiger partial charge in [0.05, 0.1) is 0 Å². The topological polar surface area (TPSA) is 37.3 Å². The van der Waals surface area contributed by atoms with Gasteiger partial charge >= 0.3 is 5.97 Å². The third-order valence-electron chi connectivity index (χ3n) is 0.893. The first-order valence-corrected chi connectivity index (χ1v) is 3.61. The first-order valence-electron chi connectivity index (χ1n) is 2.86.